The monoisotopic (exact) mass is 728 g/mol. The first-order valence-corrected chi connectivity index (χ1v) is 17.2. The molecule has 2 heterocycles. The molecule has 0 aliphatic rings. The highest BCUT2D eigenvalue weighted by atomic mass is 19.1. The Hall–Kier alpha value is -6.42. The predicted octanol–water partition coefficient (Wildman–Crippen LogP) is 11.1. The van der Waals surface area contributed by atoms with Gasteiger partial charge in [-0.1, -0.05) is 47.5 Å². The van der Waals surface area contributed by atoms with Crippen LogP contribution in [0.25, 0.3) is 22.5 Å². The molecule has 0 aliphatic heterocycles. The van der Waals surface area contributed by atoms with Crippen molar-refractivity contribution in [3.8, 4) is 22.5 Å². The van der Waals surface area contributed by atoms with E-state index >= 15 is 0 Å². The predicted molar refractivity (Wildman–Crippen MR) is 210 cm³/mol. The summed E-state index contributed by atoms with van der Waals surface area (Å²) in [6, 6.07) is 27.5. The molecule has 0 atom stereocenters. The topological polar surface area (TPSA) is 113 Å². The normalized spacial score (nSPS) is 10.9. The molecule has 6 rings (SSSR count). The molecule has 0 bridgehead atoms. The molecule has 0 aliphatic carbocycles. The standard InChI is InChI=1S/C24H25FN2O2.C20H17FN2O2/c1-15-10-11-21(19(12-15)23(28)29-24(3,4)5)27-17-13-16(2)22(26-14-17)18-8-6-7-9-20(18)25;1-12-7-8-18(16(9-12)20(24)25)23-14-10-13(2)19(22-11-14)15-5-3-4-6-17(15)21/h6-14,27H,1-5H3;3-11,23H,1-2H3,(H,24,25). The fourth-order valence-electron chi connectivity index (χ4n) is 5.68. The SMILES string of the molecule is Cc1ccc(Nc2cnc(-c3ccccc3F)c(C)c2)c(C(=O)O)c1.Cc1ccc(Nc2cnc(-c3ccccc3F)c(C)c2)c(C(=O)OC(C)(C)C)c1. The van der Waals surface area contributed by atoms with E-state index in [9.17, 15) is 23.5 Å². The molecule has 4 aromatic carbocycles. The Kier molecular flexibility index (Phi) is 11.9. The summed E-state index contributed by atoms with van der Waals surface area (Å²) < 4.78 is 33.6. The average molecular weight is 729 g/mol. The van der Waals surface area contributed by atoms with Crippen LogP contribution in [0.15, 0.2) is 109 Å². The Labute approximate surface area is 313 Å². The number of aromatic nitrogens is 2. The zero-order valence-electron chi connectivity index (χ0n) is 31.2. The van der Waals surface area contributed by atoms with Crippen molar-refractivity contribution in [1.82, 2.24) is 9.97 Å². The van der Waals surface area contributed by atoms with Gasteiger partial charge in [-0.3, -0.25) is 9.97 Å². The maximum Gasteiger partial charge on any atom is 0.340 e. The number of carboxylic acid groups (broad SMARTS) is 1. The van der Waals surface area contributed by atoms with Crippen molar-refractivity contribution in [2.45, 2.75) is 54.1 Å². The van der Waals surface area contributed by atoms with Crippen LogP contribution in [0.5, 0.6) is 0 Å². The molecule has 6 aromatic rings. The summed E-state index contributed by atoms with van der Waals surface area (Å²) in [6.07, 6.45) is 3.20. The van der Waals surface area contributed by atoms with E-state index in [0.717, 1.165) is 22.3 Å². The number of anilines is 4. The summed E-state index contributed by atoms with van der Waals surface area (Å²) in [5, 5.41) is 15.7. The summed E-state index contributed by atoms with van der Waals surface area (Å²) in [7, 11) is 0. The first-order valence-electron chi connectivity index (χ1n) is 17.2. The Balaban J connectivity index is 0.000000210. The maximum atomic E-state index is 14.1. The van der Waals surface area contributed by atoms with Gasteiger partial charge in [-0.15, -0.1) is 0 Å². The number of esters is 1. The van der Waals surface area contributed by atoms with E-state index in [1.807, 2.05) is 78.8 Å². The van der Waals surface area contributed by atoms with E-state index in [2.05, 4.69) is 20.6 Å². The molecular weight excluding hydrogens is 687 g/mol. The highest BCUT2D eigenvalue weighted by molar-refractivity contribution is 5.97. The molecule has 0 unspecified atom stereocenters. The number of rotatable bonds is 8. The zero-order valence-corrected chi connectivity index (χ0v) is 31.2. The molecule has 0 radical (unpaired) electrons. The number of halogens is 2. The van der Waals surface area contributed by atoms with Crippen LogP contribution >= 0.6 is 0 Å². The number of ether oxygens (including phenoxy) is 1. The van der Waals surface area contributed by atoms with E-state index in [1.165, 1.54) is 12.1 Å². The van der Waals surface area contributed by atoms with Gasteiger partial charge in [0, 0.05) is 11.1 Å². The summed E-state index contributed by atoms with van der Waals surface area (Å²) in [5.41, 5.74) is 8.01. The van der Waals surface area contributed by atoms with Crippen molar-refractivity contribution in [1.29, 1.82) is 0 Å². The smallest absolute Gasteiger partial charge is 0.340 e. The average Bonchev–Trinajstić information content (AvgIpc) is 3.10. The molecule has 0 spiro atoms. The lowest BCUT2D eigenvalue weighted by atomic mass is 10.1. The summed E-state index contributed by atoms with van der Waals surface area (Å²) in [4.78, 5) is 32.8. The summed E-state index contributed by atoms with van der Waals surface area (Å²) in [5.74, 6) is -2.03. The van der Waals surface area contributed by atoms with Gasteiger partial charge in [0.2, 0.25) is 0 Å². The molecule has 0 saturated carbocycles. The van der Waals surface area contributed by atoms with Gasteiger partial charge in [0.15, 0.2) is 0 Å². The molecule has 0 fully saturated rings. The van der Waals surface area contributed by atoms with E-state index in [1.54, 1.807) is 67.0 Å². The Morgan fingerprint density at radius 1 is 0.630 bits per heavy atom. The maximum absolute atomic E-state index is 14.1. The molecular formula is C44H42F2N4O4. The van der Waals surface area contributed by atoms with E-state index in [4.69, 9.17) is 4.74 Å². The van der Waals surface area contributed by atoms with E-state index < -0.39 is 17.5 Å². The molecule has 2 aromatic heterocycles. The number of aryl methyl sites for hydroxylation is 4. The number of carbonyl (C=O) groups excluding carboxylic acids is 1. The molecule has 54 heavy (non-hydrogen) atoms. The van der Waals surface area contributed by atoms with Crippen LogP contribution in [0, 0.1) is 39.3 Å². The molecule has 10 heteroatoms. The van der Waals surface area contributed by atoms with Crippen LogP contribution in [-0.4, -0.2) is 32.6 Å². The number of hydrogen-bond donors (Lipinski definition) is 3. The van der Waals surface area contributed by atoms with Crippen molar-refractivity contribution < 1.29 is 28.2 Å². The van der Waals surface area contributed by atoms with Gasteiger partial charge in [-0.2, -0.15) is 0 Å². The van der Waals surface area contributed by atoms with Crippen LogP contribution in [-0.2, 0) is 4.74 Å². The number of benzene rings is 4. The van der Waals surface area contributed by atoms with Crippen LogP contribution in [0.4, 0.5) is 31.5 Å². The minimum Gasteiger partial charge on any atom is -0.478 e. The molecule has 8 nitrogen and oxygen atoms in total. The second-order valence-corrected chi connectivity index (χ2v) is 13.9. The van der Waals surface area contributed by atoms with Crippen molar-refractivity contribution in [3.05, 3.63) is 154 Å². The van der Waals surface area contributed by atoms with Crippen molar-refractivity contribution in [2.75, 3.05) is 10.6 Å². The van der Waals surface area contributed by atoms with Gasteiger partial charge in [0.1, 0.15) is 17.2 Å². The third-order valence-electron chi connectivity index (χ3n) is 8.17. The lowest BCUT2D eigenvalue weighted by Crippen LogP contribution is -2.24. The van der Waals surface area contributed by atoms with Gasteiger partial charge in [0.25, 0.3) is 0 Å². The summed E-state index contributed by atoms with van der Waals surface area (Å²) >= 11 is 0. The lowest BCUT2D eigenvalue weighted by Gasteiger charge is -2.21. The quantitative estimate of drug-likeness (QED) is 0.133. The van der Waals surface area contributed by atoms with Crippen LogP contribution in [0.3, 0.4) is 0 Å². The lowest BCUT2D eigenvalue weighted by molar-refractivity contribution is 0.00703. The summed E-state index contributed by atoms with van der Waals surface area (Å²) in [6.45, 7) is 13.0. The first kappa shape index (κ1) is 38.8. The van der Waals surface area contributed by atoms with Crippen LogP contribution in [0.1, 0.15) is 63.7 Å². The van der Waals surface area contributed by atoms with Gasteiger partial charge in [-0.25, -0.2) is 18.4 Å². The number of carbonyl (C=O) groups is 2. The van der Waals surface area contributed by atoms with Crippen LogP contribution < -0.4 is 10.6 Å². The fourth-order valence-corrected chi connectivity index (χ4v) is 5.68. The molecule has 276 valence electrons. The highest BCUT2D eigenvalue weighted by Crippen LogP contribution is 2.30. The van der Waals surface area contributed by atoms with Crippen molar-refractivity contribution >= 4 is 34.7 Å². The second-order valence-electron chi connectivity index (χ2n) is 13.9. The van der Waals surface area contributed by atoms with E-state index in [0.29, 0.717) is 50.8 Å². The number of aromatic carboxylic acids is 1. The number of nitrogens with zero attached hydrogens (tertiary/aromatic N) is 2. The number of pyridine rings is 2. The van der Waals surface area contributed by atoms with Crippen molar-refractivity contribution in [3.63, 3.8) is 0 Å². The number of hydrogen-bond acceptors (Lipinski definition) is 7. The van der Waals surface area contributed by atoms with Gasteiger partial charge in [0.05, 0.1) is 57.7 Å². The molecule has 3 N–H and O–H groups in total. The molecule has 0 saturated heterocycles. The largest absolute Gasteiger partial charge is 0.478 e. The third kappa shape index (κ3) is 9.71. The van der Waals surface area contributed by atoms with Gasteiger partial charge >= 0.3 is 11.9 Å². The molecule has 0 amide bonds. The van der Waals surface area contributed by atoms with Crippen LogP contribution in [0.2, 0.25) is 0 Å². The Bertz CT molecular complexity index is 2340. The fraction of sp³-hybridized carbons (Fsp3) is 0.182. The number of nitrogens with one attached hydrogen (secondary N) is 2. The highest BCUT2D eigenvalue weighted by Gasteiger charge is 2.21. The van der Waals surface area contributed by atoms with Gasteiger partial charge in [-0.05, 0) is 120 Å². The Morgan fingerprint density at radius 2 is 1.06 bits per heavy atom. The second kappa shape index (κ2) is 16.5. The van der Waals surface area contributed by atoms with Crippen molar-refractivity contribution in [2.24, 2.45) is 0 Å². The number of carboxylic acids is 1. The first-order chi connectivity index (χ1) is 25.6. The minimum atomic E-state index is -1.00. The minimum absolute atomic E-state index is 0.191. The third-order valence-corrected chi connectivity index (χ3v) is 8.17. The Morgan fingerprint density at radius 3 is 1.46 bits per heavy atom. The van der Waals surface area contributed by atoms with E-state index in [-0.39, 0.29) is 17.2 Å². The van der Waals surface area contributed by atoms with Gasteiger partial charge < -0.3 is 20.5 Å². The zero-order chi connectivity index (χ0) is 39.2.